The van der Waals surface area contributed by atoms with Gasteiger partial charge in [-0.3, -0.25) is 9.59 Å². The minimum Gasteiger partial charge on any atom is -0.377 e. The third-order valence-corrected chi connectivity index (χ3v) is 6.25. The molecule has 1 aliphatic carbocycles. The van der Waals surface area contributed by atoms with E-state index in [0.717, 1.165) is 42.6 Å². The van der Waals surface area contributed by atoms with Crippen LogP contribution in [0.2, 0.25) is 0 Å². The van der Waals surface area contributed by atoms with Gasteiger partial charge in [-0.15, -0.1) is 0 Å². The molecular formula is C25H41N3O2. The molecule has 1 aliphatic rings. The average molecular weight is 416 g/mol. The smallest absolute Gasteiger partial charge is 0.228 e. The van der Waals surface area contributed by atoms with Crippen molar-refractivity contribution in [2.75, 3.05) is 24.3 Å². The second-order valence-corrected chi connectivity index (χ2v) is 10.4. The van der Waals surface area contributed by atoms with Crippen molar-refractivity contribution in [3.8, 4) is 0 Å². The summed E-state index contributed by atoms with van der Waals surface area (Å²) in [6.45, 7) is 12.9. The molecule has 5 nitrogen and oxygen atoms in total. The first-order valence-electron chi connectivity index (χ1n) is 11.3. The second kappa shape index (κ2) is 9.84. The number of hydrogen-bond donors (Lipinski definition) is 1. The lowest BCUT2D eigenvalue weighted by molar-refractivity contribution is -0.143. The third-order valence-electron chi connectivity index (χ3n) is 6.25. The largest absolute Gasteiger partial charge is 0.377 e. The van der Waals surface area contributed by atoms with Gasteiger partial charge in [-0.05, 0) is 49.4 Å². The van der Waals surface area contributed by atoms with E-state index in [1.165, 1.54) is 0 Å². The zero-order valence-electron chi connectivity index (χ0n) is 20.2. The van der Waals surface area contributed by atoms with Gasteiger partial charge in [0, 0.05) is 49.4 Å². The highest BCUT2D eigenvalue weighted by molar-refractivity contribution is 5.93. The summed E-state index contributed by atoms with van der Waals surface area (Å²) in [6.07, 6.45) is 4.24. The van der Waals surface area contributed by atoms with E-state index in [1.807, 2.05) is 58.0 Å². The van der Waals surface area contributed by atoms with Crippen LogP contribution in [0.5, 0.6) is 0 Å². The van der Waals surface area contributed by atoms with Gasteiger partial charge in [0.2, 0.25) is 11.8 Å². The molecule has 2 amide bonds. The average Bonchev–Trinajstić information content (AvgIpc) is 3.19. The molecule has 1 saturated carbocycles. The molecular weight excluding hydrogens is 374 g/mol. The molecule has 1 aromatic carbocycles. The molecule has 1 unspecified atom stereocenters. The summed E-state index contributed by atoms with van der Waals surface area (Å²) < 4.78 is 0. The Morgan fingerprint density at radius 1 is 1.10 bits per heavy atom. The monoisotopic (exact) mass is 415 g/mol. The van der Waals surface area contributed by atoms with E-state index < -0.39 is 5.41 Å². The molecule has 5 heteroatoms. The maximum Gasteiger partial charge on any atom is 0.228 e. The van der Waals surface area contributed by atoms with Crippen LogP contribution in [0.1, 0.15) is 72.8 Å². The van der Waals surface area contributed by atoms with Crippen molar-refractivity contribution in [3.05, 3.63) is 23.8 Å². The Bertz CT molecular complexity index is 743. The molecule has 1 aromatic rings. The van der Waals surface area contributed by atoms with Crippen LogP contribution in [0.4, 0.5) is 11.4 Å². The van der Waals surface area contributed by atoms with Gasteiger partial charge in [-0.2, -0.15) is 0 Å². The standard InChI is InChI=1S/C25H41N3O2/c1-17(2)18(3)28(24(30)25(4,5)6)16-20-15-21(13-14-22(20)27(7)8)26-23(29)19-11-9-10-12-19/h13-15,17-19H,9-12,16H2,1-8H3,(H,26,29). The van der Waals surface area contributed by atoms with Crippen molar-refractivity contribution in [2.45, 2.75) is 79.8 Å². The van der Waals surface area contributed by atoms with Gasteiger partial charge in [0.15, 0.2) is 0 Å². The van der Waals surface area contributed by atoms with E-state index >= 15 is 0 Å². The molecule has 1 fully saturated rings. The summed E-state index contributed by atoms with van der Waals surface area (Å²) in [5, 5.41) is 3.11. The van der Waals surface area contributed by atoms with Gasteiger partial charge in [0.05, 0.1) is 0 Å². The Morgan fingerprint density at radius 2 is 1.70 bits per heavy atom. The van der Waals surface area contributed by atoms with Crippen LogP contribution in [0.25, 0.3) is 0 Å². The molecule has 1 N–H and O–H groups in total. The molecule has 168 valence electrons. The molecule has 0 spiro atoms. The van der Waals surface area contributed by atoms with E-state index in [-0.39, 0.29) is 23.8 Å². The Kier molecular flexibility index (Phi) is 7.95. The minimum absolute atomic E-state index is 0.114. The van der Waals surface area contributed by atoms with Crippen molar-refractivity contribution in [1.29, 1.82) is 0 Å². The quantitative estimate of drug-likeness (QED) is 0.657. The van der Waals surface area contributed by atoms with Crippen LogP contribution in [0, 0.1) is 17.3 Å². The molecule has 1 atom stereocenters. The number of anilines is 2. The van der Waals surface area contributed by atoms with Crippen molar-refractivity contribution in [1.82, 2.24) is 4.90 Å². The normalized spacial score (nSPS) is 15.9. The molecule has 0 heterocycles. The number of rotatable bonds is 7. The molecule has 0 bridgehead atoms. The van der Waals surface area contributed by atoms with Gasteiger partial charge in [0.1, 0.15) is 0 Å². The predicted octanol–water partition coefficient (Wildman–Crippen LogP) is 5.30. The zero-order valence-corrected chi connectivity index (χ0v) is 20.2. The summed E-state index contributed by atoms with van der Waals surface area (Å²) in [6, 6.07) is 6.16. The molecule has 30 heavy (non-hydrogen) atoms. The van der Waals surface area contributed by atoms with Gasteiger partial charge in [-0.1, -0.05) is 47.5 Å². The van der Waals surface area contributed by atoms with E-state index in [0.29, 0.717) is 12.5 Å². The number of amides is 2. The van der Waals surface area contributed by atoms with Crippen molar-refractivity contribution in [3.63, 3.8) is 0 Å². The second-order valence-electron chi connectivity index (χ2n) is 10.4. The Morgan fingerprint density at radius 3 is 2.20 bits per heavy atom. The van der Waals surface area contributed by atoms with E-state index in [4.69, 9.17) is 0 Å². The van der Waals surface area contributed by atoms with E-state index in [2.05, 4.69) is 31.0 Å². The van der Waals surface area contributed by atoms with Gasteiger partial charge < -0.3 is 15.1 Å². The third kappa shape index (κ3) is 5.99. The Labute approximate surface area is 183 Å². The molecule has 0 aromatic heterocycles. The van der Waals surface area contributed by atoms with Crippen LogP contribution in [-0.2, 0) is 16.1 Å². The minimum atomic E-state index is -0.449. The lowest BCUT2D eigenvalue weighted by atomic mass is 9.92. The lowest BCUT2D eigenvalue weighted by Gasteiger charge is -2.37. The van der Waals surface area contributed by atoms with E-state index in [9.17, 15) is 9.59 Å². The number of nitrogens with one attached hydrogen (secondary N) is 1. The first-order valence-corrected chi connectivity index (χ1v) is 11.3. The van der Waals surface area contributed by atoms with Crippen LogP contribution >= 0.6 is 0 Å². The Balaban J connectivity index is 2.35. The van der Waals surface area contributed by atoms with Crippen LogP contribution in [-0.4, -0.2) is 36.9 Å². The van der Waals surface area contributed by atoms with Crippen molar-refractivity contribution < 1.29 is 9.59 Å². The van der Waals surface area contributed by atoms with Crippen LogP contribution in [0.3, 0.4) is 0 Å². The molecule has 0 saturated heterocycles. The van der Waals surface area contributed by atoms with Crippen molar-refractivity contribution in [2.24, 2.45) is 17.3 Å². The zero-order chi connectivity index (χ0) is 22.6. The van der Waals surface area contributed by atoms with Gasteiger partial charge in [-0.25, -0.2) is 0 Å². The van der Waals surface area contributed by atoms with E-state index in [1.54, 1.807) is 0 Å². The fourth-order valence-electron chi connectivity index (χ4n) is 4.03. The molecule has 2 rings (SSSR count). The summed E-state index contributed by atoms with van der Waals surface area (Å²) >= 11 is 0. The number of hydrogen-bond acceptors (Lipinski definition) is 3. The van der Waals surface area contributed by atoms with Gasteiger partial charge >= 0.3 is 0 Å². The highest BCUT2D eigenvalue weighted by Crippen LogP contribution is 2.30. The van der Waals surface area contributed by atoms with Crippen LogP contribution in [0.15, 0.2) is 18.2 Å². The summed E-state index contributed by atoms with van der Waals surface area (Å²) in [7, 11) is 4.02. The first-order chi connectivity index (χ1) is 13.9. The number of nitrogens with zero attached hydrogens (tertiary/aromatic N) is 2. The maximum atomic E-state index is 13.3. The predicted molar refractivity (Wildman–Crippen MR) is 126 cm³/mol. The summed E-state index contributed by atoms with van der Waals surface area (Å²) in [5.41, 5.74) is 2.48. The van der Waals surface area contributed by atoms with Crippen molar-refractivity contribution >= 4 is 23.2 Å². The Hall–Kier alpha value is -2.04. The first kappa shape index (κ1) is 24.2. The SMILES string of the molecule is CC(C)C(C)N(Cc1cc(NC(=O)C2CCCC2)ccc1N(C)C)C(=O)C(C)(C)C. The highest BCUT2D eigenvalue weighted by atomic mass is 16.2. The van der Waals surface area contributed by atoms with Gasteiger partial charge in [0.25, 0.3) is 0 Å². The molecule has 0 aliphatic heterocycles. The number of carbonyl (C=O) groups excluding carboxylic acids is 2. The lowest BCUT2D eigenvalue weighted by Crippen LogP contribution is -2.46. The summed E-state index contributed by atoms with van der Waals surface area (Å²) in [5.74, 6) is 0.745. The fourth-order valence-corrected chi connectivity index (χ4v) is 4.03. The maximum absolute atomic E-state index is 13.3. The molecule has 0 radical (unpaired) electrons. The summed E-state index contributed by atoms with van der Waals surface area (Å²) in [4.78, 5) is 30.0. The van der Waals surface area contributed by atoms with Crippen LogP contribution < -0.4 is 10.2 Å². The number of carbonyl (C=O) groups is 2. The number of benzene rings is 1. The topological polar surface area (TPSA) is 52.7 Å². The fraction of sp³-hybridized carbons (Fsp3) is 0.680. The highest BCUT2D eigenvalue weighted by Gasteiger charge is 2.32.